The van der Waals surface area contributed by atoms with E-state index in [0.717, 1.165) is 43.1 Å². The number of amides is 1. The first-order valence-electron chi connectivity index (χ1n) is 8.73. The van der Waals surface area contributed by atoms with Crippen LogP contribution in [-0.2, 0) is 0 Å². The molecule has 5 nitrogen and oxygen atoms in total. The van der Waals surface area contributed by atoms with Crippen molar-refractivity contribution in [3.63, 3.8) is 0 Å². The number of fused-ring (bicyclic) bond motifs is 1. The van der Waals surface area contributed by atoms with Crippen LogP contribution in [0.3, 0.4) is 0 Å². The van der Waals surface area contributed by atoms with E-state index in [9.17, 15) is 4.79 Å². The van der Waals surface area contributed by atoms with Crippen molar-refractivity contribution in [1.82, 2.24) is 20.8 Å². The smallest absolute Gasteiger partial charge is 0.251 e. The molecule has 124 valence electrons. The van der Waals surface area contributed by atoms with Crippen molar-refractivity contribution < 1.29 is 4.79 Å². The molecule has 23 heavy (non-hydrogen) atoms. The highest BCUT2D eigenvalue weighted by molar-refractivity contribution is 5.97. The molecule has 0 spiro atoms. The number of H-pyrrole nitrogens is 1. The molecule has 5 heteroatoms. The second-order valence-corrected chi connectivity index (χ2v) is 6.50. The quantitative estimate of drug-likeness (QED) is 0.718. The summed E-state index contributed by atoms with van der Waals surface area (Å²) in [5, 5.41) is 14.7. The molecule has 1 fully saturated rings. The van der Waals surface area contributed by atoms with Crippen LogP contribution in [0.1, 0.15) is 55.8 Å². The molecule has 1 aliphatic carbocycles. The maximum Gasteiger partial charge on any atom is 0.251 e. The standard InChI is InChI=1S/C18H26N4O/c1-2-3-10-19-15-5-7-16(8-6-15)21-18(23)13-4-9-17-14(11-13)12-20-22-17/h4,9,11-12,15-16,19H,2-3,5-8,10H2,1H3,(H,20,22)(H,21,23). The summed E-state index contributed by atoms with van der Waals surface area (Å²) in [5.41, 5.74) is 1.67. The summed E-state index contributed by atoms with van der Waals surface area (Å²) in [4.78, 5) is 12.4. The Labute approximate surface area is 137 Å². The highest BCUT2D eigenvalue weighted by atomic mass is 16.1. The number of aromatic nitrogens is 2. The van der Waals surface area contributed by atoms with Gasteiger partial charge in [0.2, 0.25) is 0 Å². The summed E-state index contributed by atoms with van der Waals surface area (Å²) in [7, 11) is 0. The predicted molar refractivity (Wildman–Crippen MR) is 92.5 cm³/mol. The number of carbonyl (C=O) groups excluding carboxylic acids is 1. The van der Waals surface area contributed by atoms with Gasteiger partial charge >= 0.3 is 0 Å². The average molecular weight is 314 g/mol. The molecule has 0 atom stereocenters. The number of aromatic amines is 1. The second-order valence-electron chi connectivity index (χ2n) is 6.50. The van der Waals surface area contributed by atoms with Crippen molar-refractivity contribution in [3.05, 3.63) is 30.0 Å². The highest BCUT2D eigenvalue weighted by Gasteiger charge is 2.22. The van der Waals surface area contributed by atoms with E-state index < -0.39 is 0 Å². The molecule has 0 saturated heterocycles. The normalized spacial score (nSPS) is 21.4. The number of rotatable bonds is 6. The van der Waals surface area contributed by atoms with E-state index in [1.54, 1.807) is 6.20 Å². The lowest BCUT2D eigenvalue weighted by atomic mass is 9.91. The van der Waals surface area contributed by atoms with E-state index in [4.69, 9.17) is 0 Å². The van der Waals surface area contributed by atoms with E-state index >= 15 is 0 Å². The Kier molecular flexibility index (Phi) is 5.28. The van der Waals surface area contributed by atoms with Gasteiger partial charge in [-0.25, -0.2) is 0 Å². The number of hydrogen-bond donors (Lipinski definition) is 3. The molecule has 0 bridgehead atoms. The summed E-state index contributed by atoms with van der Waals surface area (Å²) in [5.74, 6) is 0.0236. The fourth-order valence-electron chi connectivity index (χ4n) is 3.28. The van der Waals surface area contributed by atoms with Gasteiger partial charge in [-0.1, -0.05) is 13.3 Å². The minimum atomic E-state index is 0.0236. The number of benzene rings is 1. The number of hydrogen-bond acceptors (Lipinski definition) is 3. The predicted octanol–water partition coefficient (Wildman–Crippen LogP) is 2.99. The fourth-order valence-corrected chi connectivity index (χ4v) is 3.28. The van der Waals surface area contributed by atoms with Crippen LogP contribution >= 0.6 is 0 Å². The third-order valence-corrected chi connectivity index (χ3v) is 4.73. The lowest BCUT2D eigenvalue weighted by Crippen LogP contribution is -2.42. The Morgan fingerprint density at radius 2 is 2.04 bits per heavy atom. The van der Waals surface area contributed by atoms with Crippen molar-refractivity contribution in [3.8, 4) is 0 Å². The molecular formula is C18H26N4O. The lowest BCUT2D eigenvalue weighted by Gasteiger charge is -2.29. The van der Waals surface area contributed by atoms with Gasteiger partial charge in [-0.2, -0.15) is 5.10 Å². The summed E-state index contributed by atoms with van der Waals surface area (Å²) in [6.45, 7) is 3.33. The topological polar surface area (TPSA) is 69.8 Å². The minimum absolute atomic E-state index is 0.0236. The largest absolute Gasteiger partial charge is 0.349 e. The molecule has 0 radical (unpaired) electrons. The molecule has 2 aromatic rings. The first-order valence-corrected chi connectivity index (χ1v) is 8.73. The summed E-state index contributed by atoms with van der Waals surface area (Å²) >= 11 is 0. The summed E-state index contributed by atoms with van der Waals surface area (Å²) < 4.78 is 0. The number of nitrogens with zero attached hydrogens (tertiary/aromatic N) is 1. The van der Waals surface area contributed by atoms with Crippen LogP contribution in [0, 0.1) is 0 Å². The second kappa shape index (κ2) is 7.59. The van der Waals surface area contributed by atoms with Crippen LogP contribution in [0.25, 0.3) is 10.9 Å². The molecule has 3 N–H and O–H groups in total. The highest BCUT2D eigenvalue weighted by Crippen LogP contribution is 2.20. The number of carbonyl (C=O) groups is 1. The monoisotopic (exact) mass is 314 g/mol. The third-order valence-electron chi connectivity index (χ3n) is 4.73. The molecule has 1 amide bonds. The Morgan fingerprint density at radius 3 is 2.83 bits per heavy atom. The zero-order valence-electron chi connectivity index (χ0n) is 13.8. The molecule has 1 saturated carbocycles. The first kappa shape index (κ1) is 16.0. The van der Waals surface area contributed by atoms with Crippen LogP contribution in [-0.4, -0.2) is 34.7 Å². The number of unbranched alkanes of at least 4 members (excludes halogenated alkanes) is 1. The zero-order valence-corrected chi connectivity index (χ0v) is 13.8. The number of nitrogens with one attached hydrogen (secondary N) is 3. The van der Waals surface area contributed by atoms with E-state index in [1.165, 1.54) is 12.8 Å². The van der Waals surface area contributed by atoms with Crippen LogP contribution in [0.5, 0.6) is 0 Å². The van der Waals surface area contributed by atoms with Gasteiger partial charge in [-0.05, 0) is 56.8 Å². The summed E-state index contributed by atoms with van der Waals surface area (Å²) in [6.07, 6.45) is 8.64. The van der Waals surface area contributed by atoms with Gasteiger partial charge in [0.25, 0.3) is 5.91 Å². The zero-order chi connectivity index (χ0) is 16.1. The van der Waals surface area contributed by atoms with Gasteiger partial charge < -0.3 is 10.6 Å². The van der Waals surface area contributed by atoms with Gasteiger partial charge in [-0.15, -0.1) is 0 Å². The lowest BCUT2D eigenvalue weighted by molar-refractivity contribution is 0.0924. The molecule has 1 aliphatic rings. The Morgan fingerprint density at radius 1 is 1.26 bits per heavy atom. The summed E-state index contributed by atoms with van der Waals surface area (Å²) in [6, 6.07) is 6.58. The van der Waals surface area contributed by atoms with Gasteiger partial charge in [0, 0.05) is 23.0 Å². The van der Waals surface area contributed by atoms with Crippen LogP contribution < -0.4 is 10.6 Å². The van der Waals surface area contributed by atoms with Crippen LogP contribution in [0.2, 0.25) is 0 Å². The average Bonchev–Trinajstić information content (AvgIpc) is 3.04. The molecule has 1 aromatic heterocycles. The molecular weight excluding hydrogens is 288 g/mol. The molecule has 3 rings (SSSR count). The van der Waals surface area contributed by atoms with Gasteiger partial charge in [0.15, 0.2) is 0 Å². The van der Waals surface area contributed by atoms with Gasteiger partial charge in [-0.3, -0.25) is 9.89 Å². The fraction of sp³-hybridized carbons (Fsp3) is 0.556. The van der Waals surface area contributed by atoms with Crippen molar-refractivity contribution in [2.75, 3.05) is 6.54 Å². The molecule has 0 aliphatic heterocycles. The SMILES string of the molecule is CCCCNC1CCC(NC(=O)c2ccc3[nH]ncc3c2)CC1. The Hall–Kier alpha value is -1.88. The van der Waals surface area contributed by atoms with E-state index in [-0.39, 0.29) is 5.91 Å². The van der Waals surface area contributed by atoms with Crippen molar-refractivity contribution in [2.24, 2.45) is 0 Å². The van der Waals surface area contributed by atoms with Crippen molar-refractivity contribution >= 4 is 16.8 Å². The van der Waals surface area contributed by atoms with Crippen molar-refractivity contribution in [1.29, 1.82) is 0 Å². The molecule has 0 unspecified atom stereocenters. The molecule has 1 aromatic carbocycles. The molecule has 1 heterocycles. The minimum Gasteiger partial charge on any atom is -0.349 e. The van der Waals surface area contributed by atoms with Crippen LogP contribution in [0.4, 0.5) is 0 Å². The first-order chi connectivity index (χ1) is 11.3. The van der Waals surface area contributed by atoms with E-state index in [0.29, 0.717) is 17.6 Å². The maximum atomic E-state index is 12.4. The Balaban J connectivity index is 1.49. The van der Waals surface area contributed by atoms with E-state index in [1.807, 2.05) is 18.2 Å². The maximum absolute atomic E-state index is 12.4. The Bertz CT molecular complexity index is 643. The van der Waals surface area contributed by atoms with Crippen molar-refractivity contribution in [2.45, 2.75) is 57.5 Å². The van der Waals surface area contributed by atoms with E-state index in [2.05, 4.69) is 27.8 Å². The van der Waals surface area contributed by atoms with Crippen LogP contribution in [0.15, 0.2) is 24.4 Å². The third kappa shape index (κ3) is 4.10. The van der Waals surface area contributed by atoms with Gasteiger partial charge in [0.05, 0.1) is 11.7 Å². The van der Waals surface area contributed by atoms with Gasteiger partial charge in [0.1, 0.15) is 0 Å².